The predicted molar refractivity (Wildman–Crippen MR) is 92.2 cm³/mol. The number of aliphatic hydroxyl groups excluding tert-OH is 1. The lowest BCUT2D eigenvalue weighted by molar-refractivity contribution is 0.137. The molecule has 128 valence electrons. The lowest BCUT2D eigenvalue weighted by Gasteiger charge is -2.36. The largest absolute Gasteiger partial charge is 0.394 e. The Morgan fingerprint density at radius 3 is 2.83 bits per heavy atom. The van der Waals surface area contributed by atoms with E-state index >= 15 is 0 Å². The number of hydrogen-bond acceptors (Lipinski definition) is 3. The molecule has 0 bridgehead atoms. The number of benzene rings is 1. The second kappa shape index (κ2) is 9.53. The van der Waals surface area contributed by atoms with Crippen molar-refractivity contribution in [3.63, 3.8) is 0 Å². The highest BCUT2D eigenvalue weighted by Gasteiger charge is 2.23. The summed E-state index contributed by atoms with van der Waals surface area (Å²) in [5.41, 5.74) is 1.31. The van der Waals surface area contributed by atoms with E-state index < -0.39 is 0 Å². The molecule has 0 aromatic heterocycles. The second-order valence-corrected chi connectivity index (χ2v) is 6.25. The number of nitrogens with one attached hydrogen (secondary N) is 2. The first-order chi connectivity index (χ1) is 11.2. The molecule has 0 spiro atoms. The molecular weight excluding hydrogens is 290 g/mol. The summed E-state index contributed by atoms with van der Waals surface area (Å²) in [7, 11) is 0. The lowest BCUT2D eigenvalue weighted by atomic mass is 10.0. The van der Waals surface area contributed by atoms with E-state index in [1.54, 1.807) is 0 Å². The number of aliphatic hydroxyl groups is 1. The molecule has 0 saturated carbocycles. The molecule has 3 N–H and O–H groups in total. The van der Waals surface area contributed by atoms with Gasteiger partial charge in [0.2, 0.25) is 0 Å². The van der Waals surface area contributed by atoms with Crippen molar-refractivity contribution in [2.24, 2.45) is 0 Å². The Morgan fingerprint density at radius 1 is 1.35 bits per heavy atom. The standard InChI is InChI=1S/C18H29N3O2/c1-2-16(14-22)20-18(23)19-12-17-10-6-7-11-21(17)13-15-8-4-3-5-9-15/h3-5,8-9,16-17,22H,2,6-7,10-14H2,1H3,(H2,19,20,23). The normalized spacial score (nSPS) is 20.0. The van der Waals surface area contributed by atoms with Gasteiger partial charge in [-0.15, -0.1) is 0 Å². The van der Waals surface area contributed by atoms with Crippen molar-refractivity contribution in [1.82, 2.24) is 15.5 Å². The Hall–Kier alpha value is -1.59. The number of urea groups is 1. The number of likely N-dealkylation sites (tertiary alicyclic amines) is 1. The van der Waals surface area contributed by atoms with Crippen LogP contribution in [0.15, 0.2) is 30.3 Å². The van der Waals surface area contributed by atoms with E-state index in [0.717, 1.165) is 25.9 Å². The monoisotopic (exact) mass is 319 g/mol. The first-order valence-electron chi connectivity index (χ1n) is 8.66. The van der Waals surface area contributed by atoms with Crippen molar-refractivity contribution in [3.8, 4) is 0 Å². The van der Waals surface area contributed by atoms with Crippen LogP contribution in [0.5, 0.6) is 0 Å². The number of piperidine rings is 1. The van der Waals surface area contributed by atoms with E-state index in [1.807, 2.05) is 13.0 Å². The molecule has 1 aromatic rings. The maximum atomic E-state index is 11.9. The van der Waals surface area contributed by atoms with E-state index in [0.29, 0.717) is 12.6 Å². The van der Waals surface area contributed by atoms with Crippen molar-refractivity contribution in [2.75, 3.05) is 19.7 Å². The van der Waals surface area contributed by atoms with Crippen LogP contribution in [-0.4, -0.2) is 47.8 Å². The Bertz CT molecular complexity index is 463. The third-order valence-corrected chi connectivity index (χ3v) is 4.52. The van der Waals surface area contributed by atoms with Crippen molar-refractivity contribution in [1.29, 1.82) is 0 Å². The molecule has 1 aliphatic rings. The summed E-state index contributed by atoms with van der Waals surface area (Å²) < 4.78 is 0. The van der Waals surface area contributed by atoms with Crippen LogP contribution in [0.3, 0.4) is 0 Å². The average molecular weight is 319 g/mol. The summed E-state index contributed by atoms with van der Waals surface area (Å²) in [4.78, 5) is 14.4. The van der Waals surface area contributed by atoms with Crippen LogP contribution in [0.2, 0.25) is 0 Å². The van der Waals surface area contributed by atoms with Gasteiger partial charge in [0.25, 0.3) is 0 Å². The molecule has 5 nitrogen and oxygen atoms in total. The molecule has 0 radical (unpaired) electrons. The summed E-state index contributed by atoms with van der Waals surface area (Å²) >= 11 is 0. The second-order valence-electron chi connectivity index (χ2n) is 6.25. The molecule has 1 aromatic carbocycles. The van der Waals surface area contributed by atoms with Gasteiger partial charge in [-0.25, -0.2) is 4.79 Å². The fourth-order valence-electron chi connectivity index (χ4n) is 3.04. The number of rotatable bonds is 7. The SMILES string of the molecule is CCC(CO)NC(=O)NCC1CCCCN1Cc1ccccc1. The van der Waals surface area contributed by atoms with E-state index in [4.69, 9.17) is 5.11 Å². The van der Waals surface area contributed by atoms with Crippen LogP contribution in [0.4, 0.5) is 4.79 Å². The molecule has 1 aliphatic heterocycles. The van der Waals surface area contributed by atoms with Gasteiger partial charge < -0.3 is 15.7 Å². The molecule has 23 heavy (non-hydrogen) atoms. The van der Waals surface area contributed by atoms with E-state index in [-0.39, 0.29) is 18.7 Å². The Morgan fingerprint density at radius 2 is 2.13 bits per heavy atom. The van der Waals surface area contributed by atoms with Crippen molar-refractivity contribution < 1.29 is 9.90 Å². The van der Waals surface area contributed by atoms with E-state index in [9.17, 15) is 4.79 Å². The van der Waals surface area contributed by atoms with E-state index in [2.05, 4.69) is 39.8 Å². The summed E-state index contributed by atoms with van der Waals surface area (Å²) in [6, 6.07) is 10.5. The fourth-order valence-corrected chi connectivity index (χ4v) is 3.04. The molecule has 1 heterocycles. The lowest BCUT2D eigenvalue weighted by Crippen LogP contribution is -2.50. The molecule has 2 amide bonds. The van der Waals surface area contributed by atoms with Crippen LogP contribution < -0.4 is 10.6 Å². The first kappa shape index (κ1) is 17.8. The minimum Gasteiger partial charge on any atom is -0.394 e. The summed E-state index contributed by atoms with van der Waals surface area (Å²) in [5, 5.41) is 14.9. The van der Waals surface area contributed by atoms with Crippen molar-refractivity contribution in [3.05, 3.63) is 35.9 Å². The van der Waals surface area contributed by atoms with Gasteiger partial charge >= 0.3 is 6.03 Å². The molecule has 1 fully saturated rings. The highest BCUT2D eigenvalue weighted by molar-refractivity contribution is 5.74. The quantitative estimate of drug-likeness (QED) is 0.721. The van der Waals surface area contributed by atoms with Crippen LogP contribution in [0.1, 0.15) is 38.2 Å². The Kier molecular flexibility index (Phi) is 7.36. The van der Waals surface area contributed by atoms with Gasteiger partial charge in [-0.05, 0) is 31.4 Å². The van der Waals surface area contributed by atoms with Gasteiger partial charge in [0.05, 0.1) is 12.6 Å². The topological polar surface area (TPSA) is 64.6 Å². The number of carbonyl (C=O) groups is 1. The van der Waals surface area contributed by atoms with Gasteiger partial charge in [0.1, 0.15) is 0 Å². The van der Waals surface area contributed by atoms with Gasteiger partial charge in [-0.1, -0.05) is 43.7 Å². The first-order valence-corrected chi connectivity index (χ1v) is 8.66. The van der Waals surface area contributed by atoms with Crippen molar-refractivity contribution >= 4 is 6.03 Å². The Labute approximate surface area is 139 Å². The smallest absolute Gasteiger partial charge is 0.315 e. The van der Waals surface area contributed by atoms with Gasteiger partial charge in [-0.2, -0.15) is 0 Å². The highest BCUT2D eigenvalue weighted by Crippen LogP contribution is 2.19. The maximum Gasteiger partial charge on any atom is 0.315 e. The Balaban J connectivity index is 1.82. The third-order valence-electron chi connectivity index (χ3n) is 4.52. The number of hydrogen-bond donors (Lipinski definition) is 3. The maximum absolute atomic E-state index is 11.9. The molecular formula is C18H29N3O2. The number of carbonyl (C=O) groups excluding carboxylic acids is 1. The van der Waals surface area contributed by atoms with Crippen molar-refractivity contribution in [2.45, 2.75) is 51.2 Å². The third kappa shape index (κ3) is 5.84. The molecule has 2 atom stereocenters. The van der Waals surface area contributed by atoms with Crippen LogP contribution in [0, 0.1) is 0 Å². The average Bonchev–Trinajstić information content (AvgIpc) is 2.60. The number of nitrogens with zero attached hydrogens (tertiary/aromatic N) is 1. The van der Waals surface area contributed by atoms with Gasteiger partial charge in [-0.3, -0.25) is 4.90 Å². The van der Waals surface area contributed by atoms with Gasteiger partial charge in [0, 0.05) is 19.1 Å². The van der Waals surface area contributed by atoms with Gasteiger partial charge in [0.15, 0.2) is 0 Å². The summed E-state index contributed by atoms with van der Waals surface area (Å²) in [6.07, 6.45) is 4.28. The zero-order valence-electron chi connectivity index (χ0n) is 14.0. The minimum atomic E-state index is -0.184. The number of amides is 2. The minimum absolute atomic E-state index is 0.0204. The van der Waals surface area contributed by atoms with Crippen LogP contribution >= 0.6 is 0 Å². The van der Waals surface area contributed by atoms with Crippen LogP contribution in [0.25, 0.3) is 0 Å². The molecule has 2 unspecified atom stereocenters. The molecule has 2 rings (SSSR count). The molecule has 5 heteroatoms. The fraction of sp³-hybridized carbons (Fsp3) is 0.611. The predicted octanol–water partition coefficient (Wildman–Crippen LogP) is 2.11. The zero-order chi connectivity index (χ0) is 16.5. The van der Waals surface area contributed by atoms with Crippen LogP contribution in [-0.2, 0) is 6.54 Å². The molecule has 1 saturated heterocycles. The van der Waals surface area contributed by atoms with E-state index in [1.165, 1.54) is 18.4 Å². The summed E-state index contributed by atoms with van der Waals surface area (Å²) in [6.45, 7) is 4.60. The molecule has 0 aliphatic carbocycles. The zero-order valence-corrected chi connectivity index (χ0v) is 14.0. The summed E-state index contributed by atoms with van der Waals surface area (Å²) in [5.74, 6) is 0. The highest BCUT2D eigenvalue weighted by atomic mass is 16.3.